The van der Waals surface area contributed by atoms with Crippen molar-refractivity contribution in [2.24, 2.45) is 11.8 Å². The number of carboxylic acids is 1. The van der Waals surface area contributed by atoms with Gasteiger partial charge in [-0.05, 0) is 41.0 Å². The Morgan fingerprint density at radius 3 is 2.15 bits per heavy atom. The summed E-state index contributed by atoms with van der Waals surface area (Å²) in [7, 11) is 0. The number of hydrogen-bond acceptors (Lipinski definition) is 4. The van der Waals surface area contributed by atoms with E-state index in [9.17, 15) is 19.5 Å². The van der Waals surface area contributed by atoms with Gasteiger partial charge >= 0.3 is 12.1 Å². The molecule has 182 valence electrons. The summed E-state index contributed by atoms with van der Waals surface area (Å²) >= 11 is 0. The van der Waals surface area contributed by atoms with Crippen molar-refractivity contribution < 1.29 is 24.2 Å². The number of ether oxygens (including phenoxy) is 1. The molecule has 0 aromatic heterocycles. The minimum Gasteiger partial charge on any atom is -0.480 e. The normalized spacial score (nSPS) is 14.9. The molecule has 0 spiro atoms. The zero-order valence-electron chi connectivity index (χ0n) is 20.0. The fourth-order valence-electron chi connectivity index (χ4n) is 4.36. The molecule has 0 saturated heterocycles. The first-order valence-corrected chi connectivity index (χ1v) is 12.0. The molecule has 3 N–H and O–H groups in total. The fourth-order valence-corrected chi connectivity index (χ4v) is 4.36. The molecule has 3 rings (SSSR count). The number of rotatable bonds is 11. The molecule has 1 aliphatic carbocycles. The van der Waals surface area contributed by atoms with Gasteiger partial charge in [-0.15, -0.1) is 0 Å². The molecular formula is C27H34N2O5. The number of carbonyl (C=O) groups excluding carboxylic acids is 2. The number of benzene rings is 2. The van der Waals surface area contributed by atoms with Crippen molar-refractivity contribution in [3.05, 3.63) is 59.7 Å². The van der Waals surface area contributed by atoms with Gasteiger partial charge in [0.1, 0.15) is 12.6 Å². The Labute approximate surface area is 200 Å². The molecule has 2 amide bonds. The number of amides is 2. The van der Waals surface area contributed by atoms with Gasteiger partial charge in [0, 0.05) is 18.4 Å². The molecule has 34 heavy (non-hydrogen) atoms. The summed E-state index contributed by atoms with van der Waals surface area (Å²) in [4.78, 5) is 36.0. The lowest BCUT2D eigenvalue weighted by Crippen LogP contribution is -2.46. The van der Waals surface area contributed by atoms with Crippen LogP contribution in [0.3, 0.4) is 0 Å². The number of aliphatic carboxylic acids is 1. The van der Waals surface area contributed by atoms with Gasteiger partial charge in [-0.25, -0.2) is 9.59 Å². The first-order chi connectivity index (χ1) is 16.3. The van der Waals surface area contributed by atoms with Gasteiger partial charge in [0.15, 0.2) is 0 Å². The van der Waals surface area contributed by atoms with Crippen LogP contribution in [0.2, 0.25) is 0 Å². The number of hydrogen-bond donors (Lipinski definition) is 3. The van der Waals surface area contributed by atoms with Gasteiger partial charge in [0.2, 0.25) is 5.91 Å². The van der Waals surface area contributed by atoms with Crippen molar-refractivity contribution >= 4 is 18.0 Å². The van der Waals surface area contributed by atoms with E-state index in [0.717, 1.165) is 11.1 Å². The van der Waals surface area contributed by atoms with E-state index in [1.165, 1.54) is 11.1 Å². The molecule has 2 aromatic rings. The standard InChI is InChI=1S/C27H34N2O5/c1-4-17(2)24(26(31)32)29-25(30)18(3)10-9-15-28-27(33)34-16-23-21-13-7-5-11-19(21)20-12-6-8-14-22(20)23/h5-8,11-14,17-18,23-24H,4,9-10,15-16H2,1-3H3,(H,28,33)(H,29,30)(H,31,32). The van der Waals surface area contributed by atoms with E-state index >= 15 is 0 Å². The zero-order valence-corrected chi connectivity index (χ0v) is 20.0. The highest BCUT2D eigenvalue weighted by Gasteiger charge is 2.29. The topological polar surface area (TPSA) is 105 Å². The van der Waals surface area contributed by atoms with Crippen molar-refractivity contribution in [2.75, 3.05) is 13.2 Å². The Hall–Kier alpha value is -3.35. The van der Waals surface area contributed by atoms with Gasteiger partial charge in [0.05, 0.1) is 0 Å². The van der Waals surface area contributed by atoms with Gasteiger partial charge in [-0.2, -0.15) is 0 Å². The SMILES string of the molecule is CCC(C)C(NC(=O)C(C)CCCNC(=O)OCC1c2ccccc2-c2ccccc21)C(=O)O. The summed E-state index contributed by atoms with van der Waals surface area (Å²) in [5.41, 5.74) is 4.68. The molecular weight excluding hydrogens is 432 g/mol. The zero-order chi connectivity index (χ0) is 24.7. The maximum absolute atomic E-state index is 12.4. The maximum Gasteiger partial charge on any atom is 0.407 e. The molecule has 3 atom stereocenters. The molecule has 0 radical (unpaired) electrons. The average molecular weight is 467 g/mol. The van der Waals surface area contributed by atoms with Crippen LogP contribution in [0, 0.1) is 11.8 Å². The summed E-state index contributed by atoms with van der Waals surface area (Å²) in [6.45, 7) is 6.10. The van der Waals surface area contributed by atoms with Crippen LogP contribution in [0.5, 0.6) is 0 Å². The van der Waals surface area contributed by atoms with Crippen LogP contribution in [0.15, 0.2) is 48.5 Å². The molecule has 0 heterocycles. The summed E-state index contributed by atoms with van der Waals surface area (Å²) < 4.78 is 5.52. The predicted molar refractivity (Wildman–Crippen MR) is 130 cm³/mol. The van der Waals surface area contributed by atoms with Gasteiger partial charge in [-0.1, -0.05) is 75.7 Å². The van der Waals surface area contributed by atoms with Crippen LogP contribution in [0.1, 0.15) is 57.1 Å². The van der Waals surface area contributed by atoms with Crippen LogP contribution >= 0.6 is 0 Å². The van der Waals surface area contributed by atoms with Crippen molar-refractivity contribution in [3.8, 4) is 11.1 Å². The molecule has 0 bridgehead atoms. The Morgan fingerprint density at radius 1 is 1.00 bits per heavy atom. The fraction of sp³-hybridized carbons (Fsp3) is 0.444. The lowest BCUT2D eigenvalue weighted by molar-refractivity contribution is -0.144. The van der Waals surface area contributed by atoms with Gasteiger partial charge in [-0.3, -0.25) is 4.79 Å². The molecule has 0 saturated carbocycles. The first-order valence-electron chi connectivity index (χ1n) is 12.0. The number of alkyl carbamates (subject to hydrolysis) is 1. The minimum atomic E-state index is -1.02. The number of fused-ring (bicyclic) bond motifs is 3. The van der Waals surface area contributed by atoms with Crippen LogP contribution in [-0.4, -0.2) is 42.3 Å². The Bertz CT molecular complexity index is 976. The van der Waals surface area contributed by atoms with Crippen molar-refractivity contribution in [3.63, 3.8) is 0 Å². The third-order valence-corrected chi connectivity index (χ3v) is 6.65. The number of carboxylic acid groups (broad SMARTS) is 1. The Balaban J connectivity index is 1.42. The van der Waals surface area contributed by atoms with E-state index in [2.05, 4.69) is 34.9 Å². The summed E-state index contributed by atoms with van der Waals surface area (Å²) in [6.07, 6.45) is 1.29. The van der Waals surface area contributed by atoms with E-state index in [4.69, 9.17) is 4.74 Å². The molecule has 1 aliphatic rings. The van der Waals surface area contributed by atoms with Crippen LogP contribution in [-0.2, 0) is 14.3 Å². The third-order valence-electron chi connectivity index (χ3n) is 6.65. The lowest BCUT2D eigenvalue weighted by Gasteiger charge is -2.22. The maximum atomic E-state index is 12.4. The molecule has 7 heteroatoms. The Morgan fingerprint density at radius 2 is 1.59 bits per heavy atom. The molecule has 0 aliphatic heterocycles. The van der Waals surface area contributed by atoms with Crippen LogP contribution in [0.25, 0.3) is 11.1 Å². The van der Waals surface area contributed by atoms with Gasteiger partial charge in [0.25, 0.3) is 0 Å². The quantitative estimate of drug-likeness (QED) is 0.421. The van der Waals surface area contributed by atoms with Crippen molar-refractivity contribution in [1.29, 1.82) is 0 Å². The second kappa shape index (κ2) is 11.7. The highest BCUT2D eigenvalue weighted by molar-refractivity contribution is 5.85. The molecule has 2 aromatic carbocycles. The monoisotopic (exact) mass is 466 g/mol. The van der Waals surface area contributed by atoms with E-state index in [1.54, 1.807) is 6.92 Å². The van der Waals surface area contributed by atoms with Crippen LogP contribution < -0.4 is 10.6 Å². The summed E-state index contributed by atoms with van der Waals surface area (Å²) in [5, 5.41) is 14.7. The third kappa shape index (κ3) is 5.95. The lowest BCUT2D eigenvalue weighted by atomic mass is 9.97. The average Bonchev–Trinajstić information content (AvgIpc) is 3.16. The highest BCUT2D eigenvalue weighted by atomic mass is 16.5. The Kier molecular flexibility index (Phi) is 8.68. The van der Waals surface area contributed by atoms with Gasteiger partial charge < -0.3 is 20.5 Å². The molecule has 7 nitrogen and oxygen atoms in total. The van der Waals surface area contributed by atoms with E-state index in [-0.39, 0.29) is 30.3 Å². The largest absolute Gasteiger partial charge is 0.480 e. The smallest absolute Gasteiger partial charge is 0.407 e. The highest BCUT2D eigenvalue weighted by Crippen LogP contribution is 2.44. The van der Waals surface area contributed by atoms with Crippen molar-refractivity contribution in [1.82, 2.24) is 10.6 Å². The predicted octanol–water partition coefficient (Wildman–Crippen LogP) is 4.56. The summed E-state index contributed by atoms with van der Waals surface area (Å²) in [6, 6.07) is 15.5. The molecule has 3 unspecified atom stereocenters. The first kappa shape index (κ1) is 25.3. The van der Waals surface area contributed by atoms with Crippen molar-refractivity contribution in [2.45, 2.75) is 52.0 Å². The summed E-state index contributed by atoms with van der Waals surface area (Å²) in [5.74, 6) is -1.80. The second-order valence-electron chi connectivity index (χ2n) is 9.01. The number of nitrogens with one attached hydrogen (secondary N) is 2. The minimum absolute atomic E-state index is 0.00885. The van der Waals surface area contributed by atoms with E-state index < -0.39 is 18.1 Å². The second-order valence-corrected chi connectivity index (χ2v) is 9.01. The van der Waals surface area contributed by atoms with E-state index in [0.29, 0.717) is 25.8 Å². The molecule has 0 fully saturated rings. The number of carbonyl (C=O) groups is 3. The van der Waals surface area contributed by atoms with E-state index in [1.807, 2.05) is 38.1 Å². The van der Waals surface area contributed by atoms with Crippen LogP contribution in [0.4, 0.5) is 4.79 Å².